The average Bonchev–Trinajstić information content (AvgIpc) is 2.45. The maximum absolute atomic E-state index is 12.7. The van der Waals surface area contributed by atoms with Gasteiger partial charge in [0.1, 0.15) is 5.15 Å². The fourth-order valence-electron chi connectivity index (χ4n) is 2.73. The third kappa shape index (κ3) is 3.97. The molecule has 0 saturated carbocycles. The number of nitrogens with zero attached hydrogens (tertiary/aromatic N) is 2. The first-order chi connectivity index (χ1) is 9.81. The second-order valence-electron chi connectivity index (χ2n) is 6.96. The normalized spacial score (nSPS) is 17.1. The van der Waals surface area contributed by atoms with Crippen LogP contribution in [0.4, 0.5) is 0 Å². The van der Waals surface area contributed by atoms with Crippen LogP contribution < -0.4 is 0 Å². The zero-order chi connectivity index (χ0) is 15.6. The summed E-state index contributed by atoms with van der Waals surface area (Å²) in [5, 5.41) is 0.397. The monoisotopic (exact) mass is 308 g/mol. The van der Waals surface area contributed by atoms with Crippen molar-refractivity contribution in [1.29, 1.82) is 0 Å². The Kier molecular flexibility index (Phi) is 4.92. The number of pyridine rings is 1. The molecular formula is C17H25ClN2O. The van der Waals surface area contributed by atoms with Gasteiger partial charge in [-0.15, -0.1) is 0 Å². The van der Waals surface area contributed by atoms with E-state index in [0.717, 1.165) is 37.5 Å². The molecule has 0 aliphatic carbocycles. The fourth-order valence-corrected chi connectivity index (χ4v) is 2.94. The molecule has 1 amide bonds. The third-order valence-electron chi connectivity index (χ3n) is 4.29. The van der Waals surface area contributed by atoms with E-state index < -0.39 is 0 Å². The summed E-state index contributed by atoms with van der Waals surface area (Å²) in [6, 6.07) is 3.57. The molecule has 2 heterocycles. The maximum atomic E-state index is 12.7. The van der Waals surface area contributed by atoms with Gasteiger partial charge in [-0.25, -0.2) is 4.98 Å². The molecule has 1 aliphatic rings. The quantitative estimate of drug-likeness (QED) is 0.763. The topological polar surface area (TPSA) is 33.2 Å². The molecule has 0 atom stereocenters. The van der Waals surface area contributed by atoms with Crippen molar-refractivity contribution >= 4 is 17.5 Å². The van der Waals surface area contributed by atoms with Gasteiger partial charge in [-0.2, -0.15) is 0 Å². The number of halogens is 1. The molecule has 2 rings (SSSR count). The van der Waals surface area contributed by atoms with Crippen molar-refractivity contribution in [3.05, 3.63) is 28.5 Å². The Morgan fingerprint density at radius 3 is 2.48 bits per heavy atom. The number of piperidine rings is 1. The number of amides is 1. The first-order valence-electron chi connectivity index (χ1n) is 7.78. The van der Waals surface area contributed by atoms with Crippen LogP contribution in [0.3, 0.4) is 0 Å². The lowest BCUT2D eigenvalue weighted by Crippen LogP contribution is -2.38. The van der Waals surface area contributed by atoms with Crippen molar-refractivity contribution in [2.24, 2.45) is 5.92 Å². The molecule has 1 aromatic rings. The van der Waals surface area contributed by atoms with Gasteiger partial charge in [0, 0.05) is 29.8 Å². The number of carbonyl (C=O) groups is 1. The summed E-state index contributed by atoms with van der Waals surface area (Å²) in [5.74, 6) is 0.847. The first-order valence-corrected chi connectivity index (χ1v) is 8.16. The molecule has 0 spiro atoms. The maximum Gasteiger partial charge on any atom is 0.254 e. The van der Waals surface area contributed by atoms with Gasteiger partial charge in [0.25, 0.3) is 5.91 Å². The second-order valence-corrected chi connectivity index (χ2v) is 7.34. The first kappa shape index (κ1) is 16.3. The number of carbonyl (C=O) groups excluding carboxylic acids is 1. The van der Waals surface area contributed by atoms with Gasteiger partial charge in [0.2, 0.25) is 0 Å². The standard InChI is InChI=1S/C17H25ClN2O/c1-5-12-6-8-20(9-7-12)16(21)13-10-14(17(2,3)4)19-15(18)11-13/h10-12H,5-9H2,1-4H3. The SMILES string of the molecule is CCC1CCN(C(=O)c2cc(Cl)nc(C(C)(C)C)c2)CC1. The van der Waals surface area contributed by atoms with E-state index in [1.165, 1.54) is 6.42 Å². The summed E-state index contributed by atoms with van der Waals surface area (Å²) in [6.45, 7) is 10.1. The highest BCUT2D eigenvalue weighted by Crippen LogP contribution is 2.26. The van der Waals surface area contributed by atoms with Crippen LogP contribution >= 0.6 is 11.6 Å². The van der Waals surface area contributed by atoms with Crippen LogP contribution in [0, 0.1) is 5.92 Å². The van der Waals surface area contributed by atoms with E-state index in [0.29, 0.717) is 10.7 Å². The number of aromatic nitrogens is 1. The molecule has 1 saturated heterocycles. The Labute approximate surface area is 132 Å². The van der Waals surface area contributed by atoms with E-state index >= 15 is 0 Å². The van der Waals surface area contributed by atoms with E-state index in [-0.39, 0.29) is 11.3 Å². The minimum Gasteiger partial charge on any atom is -0.339 e. The van der Waals surface area contributed by atoms with E-state index in [4.69, 9.17) is 11.6 Å². The molecular weight excluding hydrogens is 284 g/mol. The van der Waals surface area contributed by atoms with Gasteiger partial charge < -0.3 is 4.90 Å². The average molecular weight is 309 g/mol. The predicted molar refractivity (Wildman–Crippen MR) is 86.9 cm³/mol. The molecule has 0 radical (unpaired) electrons. The number of rotatable bonds is 2. The largest absolute Gasteiger partial charge is 0.339 e. The van der Waals surface area contributed by atoms with Crippen molar-refractivity contribution in [2.75, 3.05) is 13.1 Å². The lowest BCUT2D eigenvalue weighted by molar-refractivity contribution is 0.0688. The Hall–Kier alpha value is -1.09. The summed E-state index contributed by atoms with van der Waals surface area (Å²) in [6.07, 6.45) is 3.41. The van der Waals surface area contributed by atoms with Crippen molar-refractivity contribution in [1.82, 2.24) is 9.88 Å². The Morgan fingerprint density at radius 2 is 1.95 bits per heavy atom. The molecule has 0 unspecified atom stereocenters. The molecule has 21 heavy (non-hydrogen) atoms. The van der Waals surface area contributed by atoms with Crippen molar-refractivity contribution in [3.63, 3.8) is 0 Å². The predicted octanol–water partition coefficient (Wildman–Crippen LogP) is 4.29. The molecule has 1 aromatic heterocycles. The molecule has 0 N–H and O–H groups in total. The van der Waals surface area contributed by atoms with Crippen LogP contribution in [-0.4, -0.2) is 28.9 Å². The van der Waals surface area contributed by atoms with Crippen molar-refractivity contribution < 1.29 is 4.79 Å². The smallest absolute Gasteiger partial charge is 0.254 e. The molecule has 3 nitrogen and oxygen atoms in total. The molecule has 0 bridgehead atoms. The summed E-state index contributed by atoms with van der Waals surface area (Å²) in [7, 11) is 0. The Balaban J connectivity index is 2.18. The third-order valence-corrected chi connectivity index (χ3v) is 4.48. The highest BCUT2D eigenvalue weighted by molar-refractivity contribution is 6.29. The second kappa shape index (κ2) is 6.35. The number of likely N-dealkylation sites (tertiary alicyclic amines) is 1. The highest BCUT2D eigenvalue weighted by Gasteiger charge is 2.25. The van der Waals surface area contributed by atoms with Crippen molar-refractivity contribution in [3.8, 4) is 0 Å². The number of hydrogen-bond donors (Lipinski definition) is 0. The number of hydrogen-bond acceptors (Lipinski definition) is 2. The van der Waals surface area contributed by atoms with Gasteiger partial charge in [-0.1, -0.05) is 45.7 Å². The fraction of sp³-hybridized carbons (Fsp3) is 0.647. The lowest BCUT2D eigenvalue weighted by Gasteiger charge is -2.32. The summed E-state index contributed by atoms with van der Waals surface area (Å²) in [4.78, 5) is 19.0. The van der Waals surface area contributed by atoms with Crippen LogP contribution in [0.1, 0.15) is 63.0 Å². The minimum absolute atomic E-state index is 0.0827. The minimum atomic E-state index is -0.116. The van der Waals surface area contributed by atoms with Crippen LogP contribution in [-0.2, 0) is 5.41 Å². The molecule has 4 heteroatoms. The van der Waals surface area contributed by atoms with Crippen LogP contribution in [0.15, 0.2) is 12.1 Å². The van der Waals surface area contributed by atoms with Gasteiger partial charge in [0.05, 0.1) is 0 Å². The van der Waals surface area contributed by atoms with Crippen molar-refractivity contribution in [2.45, 2.75) is 52.4 Å². The van der Waals surface area contributed by atoms with E-state index in [1.807, 2.05) is 11.0 Å². The van der Waals surface area contributed by atoms with Gasteiger partial charge >= 0.3 is 0 Å². The molecule has 1 fully saturated rings. The lowest BCUT2D eigenvalue weighted by atomic mass is 9.90. The summed E-state index contributed by atoms with van der Waals surface area (Å²) >= 11 is 6.10. The highest BCUT2D eigenvalue weighted by atomic mass is 35.5. The molecule has 116 valence electrons. The Bertz CT molecular complexity index is 514. The van der Waals surface area contributed by atoms with Gasteiger partial charge in [-0.05, 0) is 30.9 Å². The van der Waals surface area contributed by atoms with Crippen LogP contribution in [0.2, 0.25) is 5.15 Å². The van der Waals surface area contributed by atoms with Gasteiger partial charge in [-0.3, -0.25) is 4.79 Å². The zero-order valence-corrected chi connectivity index (χ0v) is 14.2. The van der Waals surface area contributed by atoms with E-state index in [2.05, 4.69) is 32.7 Å². The Morgan fingerprint density at radius 1 is 1.33 bits per heavy atom. The summed E-state index contributed by atoms with van der Waals surface area (Å²) in [5.41, 5.74) is 1.41. The zero-order valence-electron chi connectivity index (χ0n) is 13.4. The molecule has 1 aliphatic heterocycles. The van der Waals surface area contributed by atoms with Gasteiger partial charge in [0.15, 0.2) is 0 Å². The van der Waals surface area contributed by atoms with Crippen LogP contribution in [0.5, 0.6) is 0 Å². The van der Waals surface area contributed by atoms with Crippen LogP contribution in [0.25, 0.3) is 0 Å². The summed E-state index contributed by atoms with van der Waals surface area (Å²) < 4.78 is 0. The van der Waals surface area contributed by atoms with E-state index in [9.17, 15) is 4.79 Å². The molecule has 0 aromatic carbocycles. The van der Waals surface area contributed by atoms with E-state index in [1.54, 1.807) is 6.07 Å².